The molecule has 43 heavy (non-hydrogen) atoms. The summed E-state index contributed by atoms with van der Waals surface area (Å²) in [5.41, 5.74) is 0.949. The molecule has 2 aliphatic rings. The maximum absolute atomic E-state index is 13.0. The summed E-state index contributed by atoms with van der Waals surface area (Å²) in [5.74, 6) is -1.28. The van der Waals surface area contributed by atoms with Crippen molar-refractivity contribution in [3.05, 3.63) is 35.9 Å². The lowest BCUT2D eigenvalue weighted by molar-refractivity contribution is -0.147. The molecule has 1 aromatic carbocycles. The third-order valence-electron chi connectivity index (χ3n) is 7.91. The van der Waals surface area contributed by atoms with Crippen LogP contribution in [0.4, 0.5) is 4.79 Å². The van der Waals surface area contributed by atoms with E-state index < -0.39 is 17.9 Å². The molecule has 0 aromatic heterocycles. The molecule has 0 aliphatic carbocycles. The second kappa shape index (κ2) is 18.1. The normalized spacial score (nSPS) is 18.0. The zero-order valence-corrected chi connectivity index (χ0v) is 25.4. The van der Waals surface area contributed by atoms with Crippen molar-refractivity contribution in [2.45, 2.75) is 64.5 Å². The lowest BCUT2D eigenvalue weighted by atomic mass is 9.91. The van der Waals surface area contributed by atoms with E-state index in [9.17, 15) is 24.0 Å². The number of rotatable bonds is 14. The lowest BCUT2D eigenvalue weighted by Crippen LogP contribution is -2.52. The summed E-state index contributed by atoms with van der Waals surface area (Å²) in [6.45, 7) is 4.33. The number of amides is 4. The van der Waals surface area contributed by atoms with Crippen LogP contribution in [-0.4, -0.2) is 98.7 Å². The molecule has 12 heteroatoms. The van der Waals surface area contributed by atoms with Gasteiger partial charge in [-0.2, -0.15) is 0 Å². The lowest BCUT2D eigenvalue weighted by Gasteiger charge is -2.34. The molecule has 4 amide bonds. The highest BCUT2D eigenvalue weighted by Gasteiger charge is 2.31. The molecule has 2 fully saturated rings. The first kappa shape index (κ1) is 33.8. The number of likely N-dealkylation sites (tertiary alicyclic amines) is 2. The first-order valence-corrected chi connectivity index (χ1v) is 15.3. The topological polar surface area (TPSA) is 144 Å². The molecule has 1 aromatic rings. The van der Waals surface area contributed by atoms with Crippen molar-refractivity contribution in [2.24, 2.45) is 11.8 Å². The predicted octanol–water partition coefficient (Wildman–Crippen LogP) is 2.25. The van der Waals surface area contributed by atoms with E-state index in [1.165, 1.54) is 7.11 Å². The number of nitrogens with one attached hydrogen (secondary N) is 2. The second-order valence-electron chi connectivity index (χ2n) is 11.0. The van der Waals surface area contributed by atoms with Gasteiger partial charge < -0.3 is 34.6 Å². The Bertz CT molecular complexity index is 1060. The van der Waals surface area contributed by atoms with E-state index in [1.807, 2.05) is 30.3 Å². The zero-order chi connectivity index (χ0) is 31.0. The number of hydrogen-bond donors (Lipinski definition) is 2. The van der Waals surface area contributed by atoms with Crippen molar-refractivity contribution in [1.82, 2.24) is 20.4 Å². The fourth-order valence-electron chi connectivity index (χ4n) is 5.36. The minimum Gasteiger partial charge on any atom is -0.464 e. The van der Waals surface area contributed by atoms with Crippen LogP contribution in [0.1, 0.15) is 57.4 Å². The van der Waals surface area contributed by atoms with Crippen molar-refractivity contribution in [3.63, 3.8) is 0 Å². The molecule has 0 spiro atoms. The Hall–Kier alpha value is -3.67. The molecule has 3 rings (SSSR count). The quantitative estimate of drug-likeness (QED) is 0.309. The van der Waals surface area contributed by atoms with Gasteiger partial charge in [-0.25, -0.2) is 9.59 Å². The van der Waals surface area contributed by atoms with E-state index in [-0.39, 0.29) is 56.6 Å². The Morgan fingerprint density at radius 3 is 2.40 bits per heavy atom. The SMILES string of the molecule is CCOC(=O)C(CNC(=O)[C@@H]1CCCN(C(=O)CCC2CCN(C(=O)OCc3ccccc3)CC2)C1)NC(=O)CCOC. The fourth-order valence-corrected chi connectivity index (χ4v) is 5.36. The van der Waals surface area contributed by atoms with Crippen LogP contribution in [-0.2, 0) is 40.0 Å². The first-order valence-electron chi connectivity index (χ1n) is 15.3. The third kappa shape index (κ3) is 11.5. The van der Waals surface area contributed by atoms with Gasteiger partial charge >= 0.3 is 12.1 Å². The van der Waals surface area contributed by atoms with Crippen molar-refractivity contribution in [2.75, 3.05) is 53.0 Å². The summed E-state index contributed by atoms with van der Waals surface area (Å²) in [6.07, 6.45) is 3.91. The van der Waals surface area contributed by atoms with Crippen LogP contribution >= 0.6 is 0 Å². The number of carbonyl (C=O) groups is 5. The van der Waals surface area contributed by atoms with Crippen molar-refractivity contribution >= 4 is 29.8 Å². The molecule has 0 radical (unpaired) electrons. The largest absolute Gasteiger partial charge is 0.464 e. The van der Waals surface area contributed by atoms with Gasteiger partial charge in [0.1, 0.15) is 12.6 Å². The zero-order valence-electron chi connectivity index (χ0n) is 25.4. The van der Waals surface area contributed by atoms with Gasteiger partial charge in [0.15, 0.2) is 0 Å². The molecule has 1 unspecified atom stereocenters. The van der Waals surface area contributed by atoms with Gasteiger partial charge in [-0.3, -0.25) is 14.4 Å². The maximum atomic E-state index is 13.0. The number of benzene rings is 1. The third-order valence-corrected chi connectivity index (χ3v) is 7.91. The summed E-state index contributed by atoms with van der Waals surface area (Å²) in [6, 6.07) is 8.57. The van der Waals surface area contributed by atoms with Crippen LogP contribution in [0.2, 0.25) is 0 Å². The highest BCUT2D eigenvalue weighted by molar-refractivity contribution is 5.86. The molecular weight excluding hydrogens is 556 g/mol. The molecule has 0 saturated carbocycles. The Labute approximate surface area is 253 Å². The van der Waals surface area contributed by atoms with Crippen LogP contribution in [0.3, 0.4) is 0 Å². The van der Waals surface area contributed by atoms with Crippen molar-refractivity contribution in [1.29, 1.82) is 0 Å². The van der Waals surface area contributed by atoms with Gasteiger partial charge in [0, 0.05) is 52.7 Å². The molecule has 2 saturated heterocycles. The van der Waals surface area contributed by atoms with Crippen molar-refractivity contribution < 1.29 is 38.2 Å². The van der Waals surface area contributed by atoms with E-state index in [0.717, 1.165) is 24.8 Å². The minimum absolute atomic E-state index is 0.0250. The Morgan fingerprint density at radius 2 is 1.70 bits per heavy atom. The van der Waals surface area contributed by atoms with Gasteiger partial charge in [-0.05, 0) is 50.5 Å². The summed E-state index contributed by atoms with van der Waals surface area (Å²) in [5, 5.41) is 5.35. The molecule has 2 heterocycles. The average molecular weight is 603 g/mol. The molecule has 12 nitrogen and oxygen atoms in total. The number of esters is 1. The predicted molar refractivity (Wildman–Crippen MR) is 158 cm³/mol. The van der Waals surface area contributed by atoms with Crippen LogP contribution < -0.4 is 10.6 Å². The van der Waals surface area contributed by atoms with Crippen LogP contribution in [0.5, 0.6) is 0 Å². The number of nitrogens with zero attached hydrogens (tertiary/aromatic N) is 2. The van der Waals surface area contributed by atoms with Gasteiger partial charge in [0.25, 0.3) is 0 Å². The smallest absolute Gasteiger partial charge is 0.410 e. The Kier molecular flexibility index (Phi) is 14.2. The van der Waals surface area contributed by atoms with Crippen LogP contribution in [0, 0.1) is 11.8 Å². The second-order valence-corrected chi connectivity index (χ2v) is 11.0. The highest BCUT2D eigenvalue weighted by atomic mass is 16.6. The molecule has 0 bridgehead atoms. The Morgan fingerprint density at radius 1 is 0.953 bits per heavy atom. The number of ether oxygens (including phenoxy) is 3. The standard InChI is InChI=1S/C31H46N4O8/c1-3-42-30(39)26(33-27(36)15-19-41-2)20-32-29(38)25-10-7-16-35(21-25)28(37)12-11-23-13-17-34(18-14-23)31(40)43-22-24-8-5-4-6-9-24/h4-6,8-9,23,25-26H,3,7,10-22H2,1-2H3,(H,32,38)(H,33,36)/t25-,26?/m1/s1. The molecule has 2 aliphatic heterocycles. The van der Waals surface area contributed by atoms with E-state index in [0.29, 0.717) is 51.4 Å². The average Bonchev–Trinajstić information content (AvgIpc) is 3.04. The monoisotopic (exact) mass is 602 g/mol. The van der Waals surface area contributed by atoms with Gasteiger partial charge in [-0.1, -0.05) is 30.3 Å². The summed E-state index contributed by atoms with van der Waals surface area (Å²) in [4.78, 5) is 66.3. The molecule has 2 atom stereocenters. The van der Waals surface area contributed by atoms with Gasteiger partial charge in [-0.15, -0.1) is 0 Å². The summed E-state index contributed by atoms with van der Waals surface area (Å²) >= 11 is 0. The highest BCUT2D eigenvalue weighted by Crippen LogP contribution is 2.24. The van der Waals surface area contributed by atoms with Gasteiger partial charge in [0.05, 0.1) is 19.1 Å². The number of hydrogen-bond acceptors (Lipinski definition) is 8. The Balaban J connectivity index is 1.38. The van der Waals surface area contributed by atoms with Crippen molar-refractivity contribution in [3.8, 4) is 0 Å². The maximum Gasteiger partial charge on any atom is 0.410 e. The minimum atomic E-state index is -1.01. The first-order chi connectivity index (χ1) is 20.8. The number of piperidine rings is 2. The summed E-state index contributed by atoms with van der Waals surface area (Å²) in [7, 11) is 1.48. The van der Waals surface area contributed by atoms with E-state index >= 15 is 0 Å². The fraction of sp³-hybridized carbons (Fsp3) is 0.645. The molecule has 2 N–H and O–H groups in total. The van der Waals surface area contributed by atoms with E-state index in [1.54, 1.807) is 16.7 Å². The summed E-state index contributed by atoms with van der Waals surface area (Å²) < 4.78 is 15.4. The molecule has 238 valence electrons. The number of methoxy groups -OCH3 is 1. The molecular formula is C31H46N4O8. The number of carbonyl (C=O) groups excluding carboxylic acids is 5. The van der Waals surface area contributed by atoms with Crippen LogP contribution in [0.25, 0.3) is 0 Å². The van der Waals surface area contributed by atoms with Crippen LogP contribution in [0.15, 0.2) is 30.3 Å². The van der Waals surface area contributed by atoms with E-state index in [2.05, 4.69) is 10.6 Å². The van der Waals surface area contributed by atoms with E-state index in [4.69, 9.17) is 14.2 Å². The van der Waals surface area contributed by atoms with Gasteiger partial charge in [0.2, 0.25) is 17.7 Å².